The Bertz CT molecular complexity index is 292. The first-order valence-corrected chi connectivity index (χ1v) is 9.63. The van der Waals surface area contributed by atoms with Gasteiger partial charge in [0.25, 0.3) is 0 Å². The van der Waals surface area contributed by atoms with Crippen molar-refractivity contribution in [2.75, 3.05) is 18.1 Å². The van der Waals surface area contributed by atoms with Gasteiger partial charge in [-0.15, -0.1) is 11.8 Å². The van der Waals surface area contributed by atoms with Crippen LogP contribution in [0.25, 0.3) is 0 Å². The lowest BCUT2D eigenvalue weighted by Gasteiger charge is -2.05. The van der Waals surface area contributed by atoms with E-state index in [9.17, 15) is 9.59 Å². The summed E-state index contributed by atoms with van der Waals surface area (Å²) in [5, 5.41) is 8.44. The van der Waals surface area contributed by atoms with Gasteiger partial charge in [0.2, 0.25) is 0 Å². The van der Waals surface area contributed by atoms with Gasteiger partial charge in [0.1, 0.15) is 0 Å². The normalized spacial score (nSPS) is 10.9. The van der Waals surface area contributed by atoms with Gasteiger partial charge in [0.15, 0.2) is 0 Å². The summed E-state index contributed by atoms with van der Waals surface area (Å²) in [6.07, 6.45) is 11.2. The van der Waals surface area contributed by atoms with Crippen LogP contribution in [0.1, 0.15) is 71.6 Å². The Hall–Kier alpha value is -0.710. The van der Waals surface area contributed by atoms with E-state index in [1.165, 1.54) is 44.9 Å². The first-order valence-electron chi connectivity index (χ1n) is 8.47. The molecule has 22 heavy (non-hydrogen) atoms. The lowest BCUT2D eigenvalue weighted by Crippen LogP contribution is -2.10. The maximum Gasteiger partial charge on any atom is 0.315 e. The summed E-state index contributed by atoms with van der Waals surface area (Å²) in [5.41, 5.74) is 0. The quantitative estimate of drug-likeness (QED) is 0.353. The maximum absolute atomic E-state index is 11.3. The summed E-state index contributed by atoms with van der Waals surface area (Å²) < 4.78 is 5.05. The van der Waals surface area contributed by atoms with Crippen molar-refractivity contribution in [3.8, 4) is 0 Å². The first-order chi connectivity index (χ1) is 10.5. The molecule has 1 N–H and O–H groups in total. The van der Waals surface area contributed by atoms with Crippen LogP contribution in [-0.4, -0.2) is 35.2 Å². The Kier molecular flexibility index (Phi) is 14.7. The fourth-order valence-electron chi connectivity index (χ4n) is 2.16. The van der Waals surface area contributed by atoms with Crippen molar-refractivity contribution in [3.63, 3.8) is 0 Å². The Labute approximate surface area is 139 Å². The van der Waals surface area contributed by atoms with Crippen LogP contribution in [0.5, 0.6) is 0 Å². The maximum atomic E-state index is 11.3. The van der Waals surface area contributed by atoms with Gasteiger partial charge in [-0.2, -0.15) is 0 Å². The molecule has 4 nitrogen and oxygen atoms in total. The van der Waals surface area contributed by atoms with Crippen LogP contribution < -0.4 is 0 Å². The number of aliphatic carboxylic acids is 1. The van der Waals surface area contributed by atoms with Crippen molar-refractivity contribution >= 4 is 23.7 Å². The molecule has 0 aromatic rings. The highest BCUT2D eigenvalue weighted by molar-refractivity contribution is 8.00. The molecule has 130 valence electrons. The molecule has 0 aliphatic carbocycles. The fraction of sp³-hybridized carbons (Fsp3) is 0.882. The number of carbonyl (C=O) groups excluding carboxylic acids is 1. The van der Waals surface area contributed by atoms with Crippen LogP contribution in [0.2, 0.25) is 0 Å². The van der Waals surface area contributed by atoms with Crippen LogP contribution in [0.4, 0.5) is 0 Å². The molecule has 0 rings (SSSR count). The van der Waals surface area contributed by atoms with Crippen LogP contribution in [0, 0.1) is 5.92 Å². The van der Waals surface area contributed by atoms with Gasteiger partial charge in [0, 0.05) is 0 Å². The summed E-state index contributed by atoms with van der Waals surface area (Å²) in [4.78, 5) is 21.6. The molecule has 5 heteroatoms. The highest BCUT2D eigenvalue weighted by atomic mass is 32.2. The zero-order chi connectivity index (χ0) is 16.6. The van der Waals surface area contributed by atoms with E-state index in [4.69, 9.17) is 9.84 Å². The minimum atomic E-state index is -0.901. The van der Waals surface area contributed by atoms with E-state index in [1.807, 2.05) is 0 Å². The minimum Gasteiger partial charge on any atom is -0.481 e. The molecule has 0 radical (unpaired) electrons. The number of carboxylic acid groups (broad SMARTS) is 1. The Morgan fingerprint density at radius 3 is 2.00 bits per heavy atom. The molecule has 0 atom stereocenters. The van der Waals surface area contributed by atoms with E-state index in [0.717, 1.165) is 30.5 Å². The third kappa shape index (κ3) is 17.3. The molecule has 0 saturated carbocycles. The van der Waals surface area contributed by atoms with Crippen LogP contribution in [0.3, 0.4) is 0 Å². The summed E-state index contributed by atoms with van der Waals surface area (Å²) in [7, 11) is 0. The Morgan fingerprint density at radius 1 is 0.909 bits per heavy atom. The Morgan fingerprint density at radius 2 is 1.45 bits per heavy atom. The standard InChI is InChI=1S/C17H32O4S/c1-15(2)11-9-7-5-3-4-6-8-10-12-21-17(20)14-22-13-16(18)19/h15H,3-14H2,1-2H3,(H,18,19). The van der Waals surface area contributed by atoms with Crippen molar-refractivity contribution in [1.82, 2.24) is 0 Å². The van der Waals surface area contributed by atoms with E-state index in [0.29, 0.717) is 6.61 Å². The highest BCUT2D eigenvalue weighted by Gasteiger charge is 2.05. The molecule has 0 amide bonds. The SMILES string of the molecule is CC(C)CCCCCCCCCCOC(=O)CSCC(=O)O. The number of unbranched alkanes of at least 4 members (excludes halogenated alkanes) is 7. The summed E-state index contributed by atoms with van der Waals surface area (Å²) in [6.45, 7) is 5.01. The van der Waals surface area contributed by atoms with Crippen molar-refractivity contribution in [2.24, 2.45) is 5.92 Å². The average molecular weight is 333 g/mol. The van der Waals surface area contributed by atoms with Crippen LogP contribution in [0.15, 0.2) is 0 Å². The largest absolute Gasteiger partial charge is 0.481 e. The molecule has 0 aromatic carbocycles. The molecule has 0 aromatic heterocycles. The molecule has 0 heterocycles. The van der Waals surface area contributed by atoms with Crippen LogP contribution in [-0.2, 0) is 14.3 Å². The number of esters is 1. The van der Waals surface area contributed by atoms with Crippen molar-refractivity contribution in [1.29, 1.82) is 0 Å². The van der Waals surface area contributed by atoms with Crippen LogP contribution >= 0.6 is 11.8 Å². The van der Waals surface area contributed by atoms with Gasteiger partial charge in [-0.1, -0.05) is 65.2 Å². The number of thioether (sulfide) groups is 1. The molecule has 0 bridgehead atoms. The summed E-state index contributed by atoms with van der Waals surface area (Å²) in [5.74, 6) is -0.307. The zero-order valence-corrected chi connectivity index (χ0v) is 15.0. The second kappa shape index (κ2) is 15.2. The third-order valence-corrected chi connectivity index (χ3v) is 4.28. The highest BCUT2D eigenvalue weighted by Crippen LogP contribution is 2.12. The second-order valence-electron chi connectivity index (χ2n) is 6.12. The van der Waals surface area contributed by atoms with E-state index < -0.39 is 5.97 Å². The topological polar surface area (TPSA) is 63.6 Å². The van der Waals surface area contributed by atoms with E-state index >= 15 is 0 Å². The van der Waals surface area contributed by atoms with Crippen molar-refractivity contribution in [3.05, 3.63) is 0 Å². The molecular formula is C17H32O4S. The predicted molar refractivity (Wildman–Crippen MR) is 92.3 cm³/mol. The second-order valence-corrected chi connectivity index (χ2v) is 7.10. The van der Waals surface area contributed by atoms with E-state index in [2.05, 4.69) is 13.8 Å². The zero-order valence-electron chi connectivity index (χ0n) is 14.1. The van der Waals surface area contributed by atoms with Gasteiger partial charge in [-0.25, -0.2) is 0 Å². The fourth-order valence-corrected chi connectivity index (χ4v) is 2.69. The molecule has 0 unspecified atom stereocenters. The number of ether oxygens (including phenoxy) is 1. The first kappa shape index (κ1) is 21.3. The average Bonchev–Trinajstić information content (AvgIpc) is 2.44. The van der Waals surface area contributed by atoms with E-state index in [-0.39, 0.29) is 17.5 Å². The molecule has 0 fully saturated rings. The number of hydrogen-bond acceptors (Lipinski definition) is 4. The number of hydrogen-bond donors (Lipinski definition) is 1. The lowest BCUT2D eigenvalue weighted by atomic mass is 10.0. The van der Waals surface area contributed by atoms with Gasteiger partial charge in [-0.3, -0.25) is 9.59 Å². The monoisotopic (exact) mass is 332 g/mol. The molecule has 0 saturated heterocycles. The summed E-state index contributed by atoms with van der Waals surface area (Å²) >= 11 is 1.08. The molecule has 0 aliphatic heterocycles. The smallest absolute Gasteiger partial charge is 0.315 e. The lowest BCUT2D eigenvalue weighted by molar-refractivity contribution is -0.140. The van der Waals surface area contributed by atoms with E-state index in [1.54, 1.807) is 0 Å². The number of rotatable bonds is 15. The van der Waals surface area contributed by atoms with Crippen molar-refractivity contribution < 1.29 is 19.4 Å². The van der Waals surface area contributed by atoms with Gasteiger partial charge in [0.05, 0.1) is 18.1 Å². The Balaban J connectivity index is 3.16. The number of carboxylic acids is 1. The van der Waals surface area contributed by atoms with Crippen molar-refractivity contribution in [2.45, 2.75) is 71.6 Å². The van der Waals surface area contributed by atoms with Gasteiger partial charge in [-0.05, 0) is 12.3 Å². The summed E-state index contributed by atoms with van der Waals surface area (Å²) in [6, 6.07) is 0. The minimum absolute atomic E-state index is 0.0493. The molecule has 0 aliphatic rings. The molecular weight excluding hydrogens is 300 g/mol. The van der Waals surface area contributed by atoms with Gasteiger partial charge >= 0.3 is 11.9 Å². The number of carbonyl (C=O) groups is 2. The predicted octanol–water partition coefficient (Wildman–Crippen LogP) is 4.51. The third-order valence-electron chi connectivity index (χ3n) is 3.38. The van der Waals surface area contributed by atoms with Gasteiger partial charge < -0.3 is 9.84 Å². The molecule has 0 spiro atoms.